The molecule has 0 radical (unpaired) electrons. The van der Waals surface area contributed by atoms with Crippen molar-refractivity contribution < 1.29 is 8.42 Å². The second-order valence-electron chi connectivity index (χ2n) is 4.15. The Morgan fingerprint density at radius 2 is 2.20 bits per heavy atom. The van der Waals surface area contributed by atoms with Gasteiger partial charge in [-0.05, 0) is 40.5 Å². The molecule has 0 spiro atoms. The van der Waals surface area contributed by atoms with E-state index in [0.29, 0.717) is 16.7 Å². The molecule has 1 aromatic heterocycles. The van der Waals surface area contributed by atoms with Gasteiger partial charge in [0.15, 0.2) is 0 Å². The minimum atomic E-state index is -3.58. The molecule has 0 aliphatic rings. The zero-order valence-electron chi connectivity index (χ0n) is 10.8. The molecule has 5 nitrogen and oxygen atoms in total. The highest BCUT2D eigenvalue weighted by molar-refractivity contribution is 9.10. The number of aromatic nitrogens is 1. The largest absolute Gasteiger partial charge is 0.326 e. The van der Waals surface area contributed by atoms with Crippen LogP contribution in [0.3, 0.4) is 0 Å². The third-order valence-electron chi connectivity index (χ3n) is 2.63. The van der Waals surface area contributed by atoms with Gasteiger partial charge in [0, 0.05) is 16.4 Å². The lowest BCUT2D eigenvalue weighted by Gasteiger charge is -2.08. The Morgan fingerprint density at radius 3 is 2.75 bits per heavy atom. The van der Waals surface area contributed by atoms with Crippen molar-refractivity contribution in [3.63, 3.8) is 0 Å². The van der Waals surface area contributed by atoms with Crippen molar-refractivity contribution >= 4 is 37.3 Å². The van der Waals surface area contributed by atoms with Gasteiger partial charge in [0.1, 0.15) is 0 Å². The third-order valence-corrected chi connectivity index (χ3v) is 5.83. The number of thiazole rings is 1. The first-order valence-corrected chi connectivity index (χ1v) is 8.97. The van der Waals surface area contributed by atoms with E-state index >= 15 is 0 Å². The molecular formula is C12H14BrN3O2S2. The topological polar surface area (TPSA) is 85.1 Å². The van der Waals surface area contributed by atoms with Crippen LogP contribution in [0.5, 0.6) is 0 Å². The van der Waals surface area contributed by atoms with Gasteiger partial charge < -0.3 is 5.73 Å². The van der Waals surface area contributed by atoms with Crippen LogP contribution in [0, 0.1) is 6.92 Å². The molecule has 2 rings (SSSR count). The van der Waals surface area contributed by atoms with Gasteiger partial charge in [-0.15, -0.1) is 11.3 Å². The van der Waals surface area contributed by atoms with Crippen molar-refractivity contribution in [3.8, 4) is 0 Å². The molecule has 0 unspecified atom stereocenters. The highest BCUT2D eigenvalue weighted by atomic mass is 79.9. The SMILES string of the molecule is Cc1nc(CNS(=O)(=O)c2ccc(CN)cc2Br)cs1. The molecule has 0 fully saturated rings. The maximum Gasteiger partial charge on any atom is 0.242 e. The molecule has 1 aromatic carbocycles. The van der Waals surface area contributed by atoms with Crippen LogP contribution >= 0.6 is 27.3 Å². The normalized spacial score (nSPS) is 11.8. The molecule has 108 valence electrons. The average Bonchev–Trinajstić information content (AvgIpc) is 2.82. The zero-order valence-corrected chi connectivity index (χ0v) is 14.0. The molecular weight excluding hydrogens is 362 g/mol. The lowest BCUT2D eigenvalue weighted by atomic mass is 10.2. The summed E-state index contributed by atoms with van der Waals surface area (Å²) in [6.07, 6.45) is 0. The van der Waals surface area contributed by atoms with E-state index in [-0.39, 0.29) is 11.4 Å². The van der Waals surface area contributed by atoms with Crippen LogP contribution in [-0.4, -0.2) is 13.4 Å². The smallest absolute Gasteiger partial charge is 0.242 e. The summed E-state index contributed by atoms with van der Waals surface area (Å²) in [6.45, 7) is 2.42. The Bertz CT molecular complexity index is 713. The molecule has 20 heavy (non-hydrogen) atoms. The summed E-state index contributed by atoms with van der Waals surface area (Å²) in [7, 11) is -3.58. The van der Waals surface area contributed by atoms with Gasteiger partial charge in [0.2, 0.25) is 10.0 Å². The van der Waals surface area contributed by atoms with Gasteiger partial charge in [-0.1, -0.05) is 6.07 Å². The summed E-state index contributed by atoms with van der Waals surface area (Å²) in [6, 6.07) is 4.95. The number of nitrogens with two attached hydrogens (primary N) is 1. The number of rotatable bonds is 5. The van der Waals surface area contributed by atoms with Gasteiger partial charge in [-0.25, -0.2) is 18.1 Å². The van der Waals surface area contributed by atoms with Crippen LogP contribution in [0.25, 0.3) is 0 Å². The number of sulfonamides is 1. The maximum atomic E-state index is 12.2. The fourth-order valence-electron chi connectivity index (χ4n) is 1.63. The number of hydrogen-bond donors (Lipinski definition) is 2. The Labute approximate surface area is 130 Å². The van der Waals surface area contributed by atoms with E-state index < -0.39 is 10.0 Å². The number of aryl methyl sites for hydroxylation is 1. The van der Waals surface area contributed by atoms with E-state index in [1.807, 2.05) is 12.3 Å². The number of nitrogens with one attached hydrogen (secondary N) is 1. The molecule has 0 bridgehead atoms. The summed E-state index contributed by atoms with van der Waals surface area (Å²) in [5.41, 5.74) is 7.10. The lowest BCUT2D eigenvalue weighted by Crippen LogP contribution is -2.23. The molecule has 0 saturated carbocycles. The van der Waals surface area contributed by atoms with Gasteiger partial charge in [0.05, 0.1) is 22.1 Å². The summed E-state index contributed by atoms with van der Waals surface area (Å²) < 4.78 is 27.5. The Balaban J connectivity index is 2.18. The molecule has 0 atom stereocenters. The summed E-state index contributed by atoms with van der Waals surface area (Å²) in [5, 5.41) is 2.75. The van der Waals surface area contributed by atoms with E-state index in [2.05, 4.69) is 25.6 Å². The summed E-state index contributed by atoms with van der Waals surface area (Å²) >= 11 is 4.76. The summed E-state index contributed by atoms with van der Waals surface area (Å²) in [5.74, 6) is 0. The van der Waals surface area contributed by atoms with Crippen LogP contribution in [-0.2, 0) is 23.1 Å². The number of benzene rings is 1. The summed E-state index contributed by atoms with van der Waals surface area (Å²) in [4.78, 5) is 4.42. The molecule has 0 saturated heterocycles. The number of nitrogens with zero attached hydrogens (tertiary/aromatic N) is 1. The van der Waals surface area contributed by atoms with Crippen molar-refractivity contribution in [1.82, 2.24) is 9.71 Å². The number of halogens is 1. The third kappa shape index (κ3) is 3.64. The predicted molar refractivity (Wildman–Crippen MR) is 82.9 cm³/mol. The van der Waals surface area contributed by atoms with E-state index in [1.165, 1.54) is 11.3 Å². The Hall–Kier alpha value is -0.800. The van der Waals surface area contributed by atoms with E-state index in [4.69, 9.17) is 5.73 Å². The standard InChI is InChI=1S/C12H14BrN3O2S2/c1-8-16-10(7-19-8)6-15-20(17,18)12-3-2-9(5-14)4-11(12)13/h2-4,7,15H,5-6,14H2,1H3. The van der Waals surface area contributed by atoms with E-state index in [1.54, 1.807) is 18.2 Å². The molecule has 3 N–H and O–H groups in total. The first-order chi connectivity index (χ1) is 9.42. The first-order valence-electron chi connectivity index (χ1n) is 5.81. The molecule has 2 aromatic rings. The molecule has 0 amide bonds. The van der Waals surface area contributed by atoms with Gasteiger partial charge in [0.25, 0.3) is 0 Å². The molecule has 0 aliphatic heterocycles. The van der Waals surface area contributed by atoms with Crippen LogP contribution in [0.2, 0.25) is 0 Å². The van der Waals surface area contributed by atoms with Crippen molar-refractivity contribution in [3.05, 3.63) is 44.3 Å². The van der Waals surface area contributed by atoms with Crippen LogP contribution < -0.4 is 10.5 Å². The minimum Gasteiger partial charge on any atom is -0.326 e. The second kappa shape index (κ2) is 6.31. The predicted octanol–water partition coefficient (Wildman–Crippen LogP) is 2.15. The van der Waals surface area contributed by atoms with Crippen LogP contribution in [0.4, 0.5) is 0 Å². The quantitative estimate of drug-likeness (QED) is 0.838. The van der Waals surface area contributed by atoms with Crippen molar-refractivity contribution in [2.24, 2.45) is 5.73 Å². The molecule has 0 aliphatic carbocycles. The van der Waals surface area contributed by atoms with Crippen molar-refractivity contribution in [2.75, 3.05) is 0 Å². The first kappa shape index (κ1) is 15.6. The maximum absolute atomic E-state index is 12.2. The Kier molecular flexibility index (Phi) is 4.92. The molecule has 1 heterocycles. The lowest BCUT2D eigenvalue weighted by molar-refractivity contribution is 0.580. The average molecular weight is 376 g/mol. The van der Waals surface area contributed by atoms with Gasteiger partial charge >= 0.3 is 0 Å². The second-order valence-corrected chi connectivity index (χ2v) is 7.80. The van der Waals surface area contributed by atoms with E-state index in [0.717, 1.165) is 10.6 Å². The van der Waals surface area contributed by atoms with Crippen molar-refractivity contribution in [2.45, 2.75) is 24.9 Å². The van der Waals surface area contributed by atoms with Crippen LogP contribution in [0.15, 0.2) is 32.9 Å². The van der Waals surface area contributed by atoms with Gasteiger partial charge in [-0.3, -0.25) is 0 Å². The highest BCUT2D eigenvalue weighted by Gasteiger charge is 2.17. The molecule has 8 heteroatoms. The Morgan fingerprint density at radius 1 is 1.45 bits per heavy atom. The fraction of sp³-hybridized carbons (Fsp3) is 0.250. The van der Waals surface area contributed by atoms with Crippen molar-refractivity contribution in [1.29, 1.82) is 0 Å². The fourth-order valence-corrected chi connectivity index (χ4v) is 4.36. The highest BCUT2D eigenvalue weighted by Crippen LogP contribution is 2.23. The minimum absolute atomic E-state index is 0.178. The monoisotopic (exact) mass is 375 g/mol. The van der Waals surface area contributed by atoms with Gasteiger partial charge in [-0.2, -0.15) is 0 Å². The van der Waals surface area contributed by atoms with E-state index in [9.17, 15) is 8.42 Å². The van der Waals surface area contributed by atoms with Crippen LogP contribution in [0.1, 0.15) is 16.3 Å². The zero-order chi connectivity index (χ0) is 14.8. The number of hydrogen-bond acceptors (Lipinski definition) is 5.